The molecule has 1 fully saturated rings. The van der Waals surface area contributed by atoms with E-state index in [9.17, 15) is 0 Å². The first kappa shape index (κ1) is 17.2. The van der Waals surface area contributed by atoms with Crippen LogP contribution in [0.4, 0.5) is 0 Å². The van der Waals surface area contributed by atoms with Crippen molar-refractivity contribution in [2.24, 2.45) is 0 Å². The molecule has 1 aromatic carbocycles. The lowest BCUT2D eigenvalue weighted by molar-refractivity contribution is -0.0405. The third-order valence-corrected chi connectivity index (χ3v) is 4.65. The number of aryl methyl sites for hydroxylation is 1. The monoisotopic (exact) mass is 372 g/mol. The lowest BCUT2D eigenvalue weighted by Gasteiger charge is -2.32. The lowest BCUT2D eigenvalue weighted by atomic mass is 10.2. The average Bonchev–Trinajstić information content (AvgIpc) is 3.25. The molecule has 0 spiro atoms. The first-order chi connectivity index (χ1) is 12.7. The van der Waals surface area contributed by atoms with E-state index >= 15 is 0 Å². The Hall–Kier alpha value is -2.22. The van der Waals surface area contributed by atoms with Crippen LogP contribution in [0.1, 0.15) is 11.3 Å². The minimum absolute atomic E-state index is 0.134. The number of benzene rings is 1. The Morgan fingerprint density at radius 1 is 1.23 bits per heavy atom. The van der Waals surface area contributed by atoms with Crippen molar-refractivity contribution >= 4 is 11.6 Å². The van der Waals surface area contributed by atoms with E-state index in [4.69, 9.17) is 16.3 Å². The van der Waals surface area contributed by atoms with Gasteiger partial charge in [0.25, 0.3) is 0 Å². The van der Waals surface area contributed by atoms with E-state index in [1.54, 1.807) is 4.68 Å². The van der Waals surface area contributed by atoms with E-state index in [1.165, 1.54) is 0 Å². The van der Waals surface area contributed by atoms with Crippen molar-refractivity contribution in [3.05, 3.63) is 59.1 Å². The van der Waals surface area contributed by atoms with Crippen LogP contribution in [0.2, 0.25) is 5.02 Å². The maximum Gasteiger partial charge on any atom is 0.0971 e. The zero-order valence-corrected chi connectivity index (χ0v) is 15.4. The number of hydrogen-bond donors (Lipinski definition) is 0. The summed E-state index contributed by atoms with van der Waals surface area (Å²) >= 11 is 5.94. The third kappa shape index (κ3) is 4.12. The van der Waals surface area contributed by atoms with Crippen LogP contribution in [0.3, 0.4) is 0 Å². The maximum absolute atomic E-state index is 5.94. The van der Waals surface area contributed by atoms with Crippen molar-refractivity contribution in [3.8, 4) is 5.69 Å². The Kier molecular flexibility index (Phi) is 5.01. The van der Waals surface area contributed by atoms with E-state index in [0.29, 0.717) is 5.02 Å². The largest absolute Gasteiger partial charge is 0.374 e. The predicted octanol–water partition coefficient (Wildman–Crippen LogP) is 2.33. The molecule has 0 aliphatic carbocycles. The fourth-order valence-electron chi connectivity index (χ4n) is 3.13. The van der Waals surface area contributed by atoms with Crippen molar-refractivity contribution < 1.29 is 4.74 Å². The first-order valence-electron chi connectivity index (χ1n) is 8.66. The number of ether oxygens (including phenoxy) is 1. The maximum atomic E-state index is 5.94. The molecule has 0 bridgehead atoms. The van der Waals surface area contributed by atoms with Crippen molar-refractivity contribution in [3.63, 3.8) is 0 Å². The van der Waals surface area contributed by atoms with Gasteiger partial charge in [-0.3, -0.25) is 9.58 Å². The molecule has 0 N–H and O–H groups in total. The molecule has 3 heterocycles. The van der Waals surface area contributed by atoms with Crippen LogP contribution >= 0.6 is 11.6 Å². The van der Waals surface area contributed by atoms with Gasteiger partial charge in [-0.05, 0) is 36.8 Å². The summed E-state index contributed by atoms with van der Waals surface area (Å²) in [6.07, 6.45) is 6.01. The molecule has 1 saturated heterocycles. The molecule has 7 nitrogen and oxygen atoms in total. The molecule has 1 unspecified atom stereocenters. The number of nitrogens with zero attached hydrogens (tertiary/aromatic N) is 6. The molecule has 0 saturated carbocycles. The fraction of sp³-hybridized carbons (Fsp3) is 0.389. The third-order valence-electron chi connectivity index (χ3n) is 4.39. The van der Waals surface area contributed by atoms with Crippen molar-refractivity contribution in [1.29, 1.82) is 0 Å². The van der Waals surface area contributed by atoms with Crippen molar-refractivity contribution in [2.45, 2.75) is 26.1 Å². The highest BCUT2D eigenvalue weighted by Crippen LogP contribution is 2.14. The zero-order valence-electron chi connectivity index (χ0n) is 14.6. The minimum Gasteiger partial charge on any atom is -0.374 e. The molecule has 3 aromatic rings. The summed E-state index contributed by atoms with van der Waals surface area (Å²) in [5.74, 6) is 0. The standard InChI is InChI=1S/C18H21ClN6O/c1-14-8-20-24(9-14)13-18-12-23(6-7-26-18)10-16-11-25(22-21-16)17-4-2-15(19)3-5-17/h2-5,8-9,11,18H,6-7,10,12-13H2,1H3. The first-order valence-corrected chi connectivity index (χ1v) is 9.04. The Morgan fingerprint density at radius 2 is 2.08 bits per heavy atom. The van der Waals surface area contributed by atoms with Gasteiger partial charge in [-0.25, -0.2) is 4.68 Å². The van der Waals surface area contributed by atoms with Crippen LogP contribution in [0.5, 0.6) is 0 Å². The Balaban J connectivity index is 1.37. The summed E-state index contributed by atoms with van der Waals surface area (Å²) in [6, 6.07) is 7.55. The summed E-state index contributed by atoms with van der Waals surface area (Å²) in [6.45, 7) is 6.03. The highest BCUT2D eigenvalue weighted by Gasteiger charge is 2.22. The van der Waals surface area contributed by atoms with Gasteiger partial charge in [-0.1, -0.05) is 16.8 Å². The molecule has 8 heteroatoms. The highest BCUT2D eigenvalue weighted by molar-refractivity contribution is 6.30. The zero-order chi connectivity index (χ0) is 17.9. The second-order valence-corrected chi connectivity index (χ2v) is 7.03. The summed E-state index contributed by atoms with van der Waals surface area (Å²) in [4.78, 5) is 2.35. The molecule has 136 valence electrons. The Labute approximate surface area is 157 Å². The summed E-state index contributed by atoms with van der Waals surface area (Å²) in [5.41, 5.74) is 3.05. The SMILES string of the molecule is Cc1cnn(CC2CN(Cc3cn(-c4ccc(Cl)cc4)nn3)CCO2)c1. The van der Waals surface area contributed by atoms with Crippen LogP contribution in [0, 0.1) is 6.92 Å². The molecule has 1 atom stereocenters. The van der Waals surface area contributed by atoms with Gasteiger partial charge in [0, 0.05) is 30.9 Å². The normalized spacial score (nSPS) is 18.3. The van der Waals surface area contributed by atoms with E-state index in [0.717, 1.165) is 49.7 Å². The molecule has 4 rings (SSSR count). The molecular weight excluding hydrogens is 352 g/mol. The minimum atomic E-state index is 0.134. The van der Waals surface area contributed by atoms with E-state index in [2.05, 4.69) is 20.3 Å². The molecular formula is C18H21ClN6O. The Morgan fingerprint density at radius 3 is 2.85 bits per heavy atom. The van der Waals surface area contributed by atoms with Gasteiger partial charge in [0.05, 0.1) is 43.0 Å². The lowest BCUT2D eigenvalue weighted by Crippen LogP contribution is -2.43. The second-order valence-electron chi connectivity index (χ2n) is 6.60. The van der Waals surface area contributed by atoms with Gasteiger partial charge in [-0.2, -0.15) is 5.10 Å². The average molecular weight is 373 g/mol. The topological polar surface area (TPSA) is 61.0 Å². The van der Waals surface area contributed by atoms with Gasteiger partial charge < -0.3 is 4.74 Å². The van der Waals surface area contributed by atoms with Crippen LogP contribution in [0.15, 0.2) is 42.9 Å². The second kappa shape index (κ2) is 7.57. The van der Waals surface area contributed by atoms with Gasteiger partial charge in [0.15, 0.2) is 0 Å². The summed E-state index contributed by atoms with van der Waals surface area (Å²) in [7, 11) is 0. The van der Waals surface area contributed by atoms with E-state index in [-0.39, 0.29) is 6.10 Å². The fourth-order valence-corrected chi connectivity index (χ4v) is 3.26. The molecule has 1 aliphatic heterocycles. The number of aromatic nitrogens is 5. The number of rotatable bonds is 5. The van der Waals surface area contributed by atoms with E-state index in [1.807, 2.05) is 54.5 Å². The van der Waals surface area contributed by atoms with Crippen LogP contribution in [0.25, 0.3) is 5.69 Å². The van der Waals surface area contributed by atoms with Crippen LogP contribution in [-0.2, 0) is 17.8 Å². The van der Waals surface area contributed by atoms with Gasteiger partial charge >= 0.3 is 0 Å². The quantitative estimate of drug-likeness (QED) is 0.688. The van der Waals surface area contributed by atoms with Gasteiger partial charge in [-0.15, -0.1) is 5.10 Å². The highest BCUT2D eigenvalue weighted by atomic mass is 35.5. The summed E-state index contributed by atoms with van der Waals surface area (Å²) in [5, 5.41) is 13.6. The molecule has 0 amide bonds. The Bertz CT molecular complexity index is 859. The number of halogens is 1. The molecule has 1 aliphatic rings. The van der Waals surface area contributed by atoms with Crippen molar-refractivity contribution in [2.75, 3.05) is 19.7 Å². The van der Waals surface area contributed by atoms with Gasteiger partial charge in [0.2, 0.25) is 0 Å². The molecule has 0 radical (unpaired) electrons. The molecule has 2 aromatic heterocycles. The predicted molar refractivity (Wildman–Crippen MR) is 98.4 cm³/mol. The van der Waals surface area contributed by atoms with Gasteiger partial charge in [0.1, 0.15) is 0 Å². The molecule has 26 heavy (non-hydrogen) atoms. The van der Waals surface area contributed by atoms with Crippen LogP contribution in [-0.4, -0.2) is 55.5 Å². The summed E-state index contributed by atoms with van der Waals surface area (Å²) < 4.78 is 9.61. The van der Waals surface area contributed by atoms with Crippen LogP contribution < -0.4 is 0 Å². The van der Waals surface area contributed by atoms with E-state index < -0.39 is 0 Å². The van der Waals surface area contributed by atoms with Crippen molar-refractivity contribution in [1.82, 2.24) is 29.7 Å². The smallest absolute Gasteiger partial charge is 0.0971 e. The number of hydrogen-bond acceptors (Lipinski definition) is 5. The number of morpholine rings is 1.